The molecule has 0 radical (unpaired) electrons. The van der Waals surface area contributed by atoms with Crippen LogP contribution in [0.4, 0.5) is 0 Å². The Morgan fingerprint density at radius 2 is 2.26 bits per heavy atom. The molecular formula is C13H15IN2O2S. The minimum absolute atomic E-state index is 0.0165. The highest BCUT2D eigenvalue weighted by Gasteiger charge is 2.27. The Morgan fingerprint density at radius 3 is 2.95 bits per heavy atom. The lowest BCUT2D eigenvalue weighted by Gasteiger charge is -2.32. The highest BCUT2D eigenvalue weighted by molar-refractivity contribution is 14.1. The van der Waals surface area contributed by atoms with Crippen molar-refractivity contribution in [2.45, 2.75) is 12.8 Å². The normalized spacial score (nSPS) is 19.2. The molecule has 1 aromatic carbocycles. The Labute approximate surface area is 131 Å². The molecule has 102 valence electrons. The summed E-state index contributed by atoms with van der Waals surface area (Å²) in [7, 11) is 0. The molecule has 1 aliphatic heterocycles. The Bertz CT molecular complexity index is 521. The third-order valence-electron chi connectivity index (χ3n) is 3.30. The lowest BCUT2D eigenvalue weighted by molar-refractivity contribution is 0.0700. The van der Waals surface area contributed by atoms with Crippen molar-refractivity contribution < 1.29 is 9.90 Å². The number of nitrogens with zero attached hydrogens (tertiary/aromatic N) is 1. The average Bonchev–Trinajstić information content (AvgIpc) is 2.41. The summed E-state index contributed by atoms with van der Waals surface area (Å²) >= 11 is 7.13. The summed E-state index contributed by atoms with van der Waals surface area (Å²) in [5.41, 5.74) is 6.01. The molecule has 3 N–H and O–H groups in total. The summed E-state index contributed by atoms with van der Waals surface area (Å²) in [6.45, 7) is 1.22. The molecule has 1 amide bonds. The topological polar surface area (TPSA) is 66.6 Å². The van der Waals surface area contributed by atoms with Gasteiger partial charge in [-0.25, -0.2) is 0 Å². The SMILES string of the molecule is NC(=S)C1CCCN(C(=O)c2cc(I)ccc2O)C1. The Morgan fingerprint density at radius 1 is 1.53 bits per heavy atom. The average molecular weight is 390 g/mol. The molecule has 1 unspecified atom stereocenters. The zero-order valence-corrected chi connectivity index (χ0v) is 13.3. The number of amides is 1. The Kier molecular flexibility index (Phi) is 4.62. The van der Waals surface area contributed by atoms with E-state index in [9.17, 15) is 9.90 Å². The van der Waals surface area contributed by atoms with E-state index in [1.807, 2.05) is 0 Å². The smallest absolute Gasteiger partial charge is 0.257 e. The molecular weight excluding hydrogens is 375 g/mol. The van der Waals surface area contributed by atoms with Gasteiger partial charge in [-0.1, -0.05) is 12.2 Å². The molecule has 1 fully saturated rings. The number of hydrogen-bond donors (Lipinski definition) is 2. The fourth-order valence-corrected chi connectivity index (χ4v) is 2.93. The number of piperidine rings is 1. The van der Waals surface area contributed by atoms with E-state index in [1.54, 1.807) is 23.1 Å². The van der Waals surface area contributed by atoms with Gasteiger partial charge in [0.05, 0.1) is 10.6 Å². The Balaban J connectivity index is 2.19. The van der Waals surface area contributed by atoms with Crippen LogP contribution in [-0.4, -0.2) is 34.0 Å². The molecule has 1 aliphatic rings. The van der Waals surface area contributed by atoms with Gasteiger partial charge in [-0.3, -0.25) is 4.79 Å². The number of hydrogen-bond acceptors (Lipinski definition) is 3. The van der Waals surface area contributed by atoms with Crippen molar-refractivity contribution in [2.24, 2.45) is 11.7 Å². The maximum atomic E-state index is 12.4. The van der Waals surface area contributed by atoms with Crippen LogP contribution in [0.5, 0.6) is 5.75 Å². The second kappa shape index (κ2) is 6.04. The molecule has 2 rings (SSSR count). The predicted octanol–water partition coefficient (Wildman–Crippen LogP) is 2.14. The van der Waals surface area contributed by atoms with Crippen molar-refractivity contribution in [2.75, 3.05) is 13.1 Å². The lowest BCUT2D eigenvalue weighted by Crippen LogP contribution is -2.43. The number of nitrogens with two attached hydrogens (primary N) is 1. The monoisotopic (exact) mass is 390 g/mol. The van der Waals surface area contributed by atoms with Crippen molar-refractivity contribution in [1.29, 1.82) is 0 Å². The maximum absolute atomic E-state index is 12.4. The van der Waals surface area contributed by atoms with E-state index in [2.05, 4.69) is 22.6 Å². The van der Waals surface area contributed by atoms with Gasteiger partial charge < -0.3 is 15.7 Å². The van der Waals surface area contributed by atoms with Gasteiger partial charge in [-0.15, -0.1) is 0 Å². The summed E-state index contributed by atoms with van der Waals surface area (Å²) in [4.78, 5) is 14.6. The van der Waals surface area contributed by atoms with Gasteiger partial charge in [0.1, 0.15) is 5.75 Å². The quantitative estimate of drug-likeness (QED) is 0.600. The molecule has 0 bridgehead atoms. The maximum Gasteiger partial charge on any atom is 0.257 e. The number of thiocarbonyl (C=S) groups is 1. The minimum atomic E-state index is -0.156. The van der Waals surface area contributed by atoms with Crippen molar-refractivity contribution in [1.82, 2.24) is 4.90 Å². The first-order valence-electron chi connectivity index (χ1n) is 6.06. The first kappa shape index (κ1) is 14.5. The number of phenolic OH excluding ortho intramolecular Hbond substituents is 1. The van der Waals surface area contributed by atoms with E-state index in [0.717, 1.165) is 16.4 Å². The molecule has 0 spiro atoms. The fraction of sp³-hybridized carbons (Fsp3) is 0.385. The van der Waals surface area contributed by atoms with Crippen LogP contribution in [0.15, 0.2) is 18.2 Å². The van der Waals surface area contributed by atoms with Gasteiger partial charge in [0.2, 0.25) is 0 Å². The first-order chi connectivity index (χ1) is 8.99. The van der Waals surface area contributed by atoms with E-state index < -0.39 is 0 Å². The molecule has 1 aromatic rings. The van der Waals surface area contributed by atoms with Crippen LogP contribution in [0, 0.1) is 9.49 Å². The molecule has 0 aromatic heterocycles. The molecule has 6 heteroatoms. The van der Waals surface area contributed by atoms with E-state index in [0.29, 0.717) is 23.6 Å². The van der Waals surface area contributed by atoms with Gasteiger partial charge in [0.25, 0.3) is 5.91 Å². The van der Waals surface area contributed by atoms with E-state index in [1.165, 1.54) is 0 Å². The molecule has 0 saturated carbocycles. The molecule has 19 heavy (non-hydrogen) atoms. The van der Waals surface area contributed by atoms with E-state index >= 15 is 0 Å². The molecule has 1 atom stereocenters. The molecule has 1 heterocycles. The van der Waals surface area contributed by atoms with Crippen LogP contribution < -0.4 is 5.73 Å². The highest BCUT2D eigenvalue weighted by Crippen LogP contribution is 2.24. The van der Waals surface area contributed by atoms with Crippen LogP contribution in [0.25, 0.3) is 0 Å². The lowest BCUT2D eigenvalue weighted by atomic mass is 9.97. The number of carbonyl (C=O) groups is 1. The van der Waals surface area contributed by atoms with Crippen molar-refractivity contribution >= 4 is 45.7 Å². The fourth-order valence-electron chi connectivity index (χ4n) is 2.24. The summed E-state index contributed by atoms with van der Waals surface area (Å²) in [5.74, 6) is -0.0579. The highest BCUT2D eigenvalue weighted by atomic mass is 127. The predicted molar refractivity (Wildman–Crippen MR) is 86.2 cm³/mol. The molecule has 4 nitrogen and oxygen atoms in total. The first-order valence-corrected chi connectivity index (χ1v) is 7.55. The third kappa shape index (κ3) is 3.36. The van der Waals surface area contributed by atoms with Crippen molar-refractivity contribution in [3.05, 3.63) is 27.3 Å². The number of carbonyl (C=O) groups excluding carboxylic acids is 1. The van der Waals surface area contributed by atoms with Crippen LogP contribution in [0.1, 0.15) is 23.2 Å². The second-order valence-corrected chi connectivity index (χ2v) is 6.37. The number of likely N-dealkylation sites (tertiary alicyclic amines) is 1. The van der Waals surface area contributed by atoms with Gasteiger partial charge in [0.15, 0.2) is 0 Å². The number of benzene rings is 1. The standard InChI is InChI=1S/C13H15IN2O2S/c14-9-3-4-11(17)10(6-9)13(18)16-5-1-2-8(7-16)12(15)19/h3-4,6,8,17H,1-2,5,7H2,(H2,15,19). The second-order valence-electron chi connectivity index (χ2n) is 4.65. The van der Waals surface area contributed by atoms with E-state index in [4.69, 9.17) is 18.0 Å². The zero-order chi connectivity index (χ0) is 14.0. The largest absolute Gasteiger partial charge is 0.507 e. The van der Waals surface area contributed by atoms with Gasteiger partial charge >= 0.3 is 0 Å². The zero-order valence-electron chi connectivity index (χ0n) is 10.3. The van der Waals surface area contributed by atoms with Gasteiger partial charge in [-0.2, -0.15) is 0 Å². The summed E-state index contributed by atoms with van der Waals surface area (Å²) in [6.07, 6.45) is 1.82. The van der Waals surface area contributed by atoms with Gasteiger partial charge in [0, 0.05) is 22.6 Å². The van der Waals surface area contributed by atoms with Crippen LogP contribution in [0.2, 0.25) is 0 Å². The summed E-state index contributed by atoms with van der Waals surface area (Å²) in [5, 5.41) is 9.81. The van der Waals surface area contributed by atoms with Gasteiger partial charge in [-0.05, 0) is 53.6 Å². The summed E-state index contributed by atoms with van der Waals surface area (Å²) in [6, 6.07) is 5.01. The number of aromatic hydroxyl groups is 1. The van der Waals surface area contributed by atoms with E-state index in [-0.39, 0.29) is 17.6 Å². The number of phenols is 1. The van der Waals surface area contributed by atoms with Crippen LogP contribution >= 0.6 is 34.8 Å². The minimum Gasteiger partial charge on any atom is -0.507 e. The van der Waals surface area contributed by atoms with Crippen molar-refractivity contribution in [3.63, 3.8) is 0 Å². The molecule has 1 saturated heterocycles. The number of rotatable bonds is 2. The molecule has 0 aliphatic carbocycles. The Hall–Kier alpha value is -0.890. The van der Waals surface area contributed by atoms with Crippen molar-refractivity contribution in [3.8, 4) is 5.75 Å². The number of halogens is 1. The third-order valence-corrected chi connectivity index (χ3v) is 4.30. The van der Waals surface area contributed by atoms with Crippen LogP contribution in [0.3, 0.4) is 0 Å². The van der Waals surface area contributed by atoms with Crippen LogP contribution in [-0.2, 0) is 0 Å². The summed E-state index contributed by atoms with van der Waals surface area (Å²) < 4.78 is 0.918.